The number of aromatic amines is 1. The first-order valence-corrected chi connectivity index (χ1v) is 28.6. The molecule has 0 radical (unpaired) electrons. The van der Waals surface area contributed by atoms with Crippen LogP contribution in [0.1, 0.15) is 118 Å². The van der Waals surface area contributed by atoms with E-state index in [1.807, 2.05) is 12.1 Å². The van der Waals surface area contributed by atoms with Gasteiger partial charge in [0, 0.05) is 93.0 Å². The minimum Gasteiger partial charge on any atom is -0.475 e. The van der Waals surface area contributed by atoms with Gasteiger partial charge in [0.25, 0.3) is 21.8 Å². The van der Waals surface area contributed by atoms with Gasteiger partial charge in [-0.3, -0.25) is 24.7 Å². The molecule has 4 fully saturated rings. The lowest BCUT2D eigenvalue weighted by Gasteiger charge is -2.58. The van der Waals surface area contributed by atoms with E-state index in [4.69, 9.17) is 21.1 Å². The van der Waals surface area contributed by atoms with Crippen molar-refractivity contribution in [3.05, 3.63) is 134 Å². The number of sulfonamides is 1. The molecule has 5 heterocycles. The van der Waals surface area contributed by atoms with Crippen LogP contribution < -0.4 is 24.4 Å². The quantitative estimate of drug-likeness (QED) is 0.0495. The molecule has 77 heavy (non-hydrogen) atoms. The average molecular weight is 1090 g/mol. The van der Waals surface area contributed by atoms with E-state index in [0.29, 0.717) is 44.2 Å². The number of piperazine rings is 1. The van der Waals surface area contributed by atoms with Gasteiger partial charge < -0.3 is 29.8 Å². The molecule has 2 saturated heterocycles. The number of nitrogens with zero attached hydrogens (tertiary/aromatic N) is 6. The van der Waals surface area contributed by atoms with Crippen LogP contribution in [0.15, 0.2) is 96.2 Å². The Bertz CT molecular complexity index is 3240. The van der Waals surface area contributed by atoms with E-state index in [9.17, 15) is 32.8 Å². The Morgan fingerprint density at radius 3 is 2.45 bits per heavy atom. The van der Waals surface area contributed by atoms with E-state index in [-0.39, 0.29) is 63.8 Å². The number of aliphatic hydroxyl groups is 1. The SMILES string of the molecule is CCOc1nc2[nH]cc(F)c2cc1Oc1cc(N2CCC3(CC2)CC(N2CCN(Cc4ccc(Cl)cc4)C[C@H]2c2ccccc2C(C)C)C3)ccc1C(=O)NS(=O)(=O)c1cnc(NCC2CCC(C)(O)CC2)c([N+](=O)[O-])c1. The first kappa shape index (κ1) is 54.0. The molecule has 4 aliphatic rings. The highest BCUT2D eigenvalue weighted by Gasteiger charge is 2.50. The van der Waals surface area contributed by atoms with Gasteiger partial charge in [0.1, 0.15) is 22.1 Å². The molecule has 6 aromatic rings. The maximum absolute atomic E-state index is 15.0. The lowest BCUT2D eigenvalue weighted by atomic mass is 9.59. The lowest BCUT2D eigenvalue weighted by Crippen LogP contribution is -2.60. The summed E-state index contributed by atoms with van der Waals surface area (Å²) in [5.41, 5.74) is 3.64. The Hall–Kier alpha value is -6.38. The number of ether oxygens (including phenoxy) is 2. The number of nitro groups is 1. The minimum atomic E-state index is -4.75. The second kappa shape index (κ2) is 22.2. The summed E-state index contributed by atoms with van der Waals surface area (Å²) >= 11 is 6.24. The van der Waals surface area contributed by atoms with Crippen LogP contribution in [0.5, 0.6) is 17.4 Å². The third kappa shape index (κ3) is 11.9. The first-order valence-electron chi connectivity index (χ1n) is 26.7. The number of fused-ring (bicyclic) bond motifs is 1. The van der Waals surface area contributed by atoms with Crippen molar-refractivity contribution in [3.8, 4) is 17.4 Å². The number of amides is 1. The highest BCUT2D eigenvalue weighted by molar-refractivity contribution is 7.90. The van der Waals surface area contributed by atoms with Crippen LogP contribution in [0.4, 0.5) is 21.6 Å². The fourth-order valence-electron chi connectivity index (χ4n) is 11.9. The molecule has 0 unspecified atom stereocenters. The predicted molar refractivity (Wildman–Crippen MR) is 294 cm³/mol. The molecule has 3 aromatic heterocycles. The highest BCUT2D eigenvalue weighted by atomic mass is 35.5. The molecule has 1 spiro atoms. The fourth-order valence-corrected chi connectivity index (χ4v) is 13.0. The Morgan fingerprint density at radius 2 is 1.74 bits per heavy atom. The van der Waals surface area contributed by atoms with Crippen molar-refractivity contribution >= 4 is 55.8 Å². The van der Waals surface area contributed by atoms with E-state index < -0.39 is 42.9 Å². The molecule has 2 saturated carbocycles. The van der Waals surface area contributed by atoms with E-state index in [1.54, 1.807) is 26.0 Å². The molecule has 1 amide bonds. The van der Waals surface area contributed by atoms with Crippen molar-refractivity contribution in [1.29, 1.82) is 0 Å². The lowest BCUT2D eigenvalue weighted by molar-refractivity contribution is -0.384. The summed E-state index contributed by atoms with van der Waals surface area (Å²) in [5, 5.41) is 26.4. The molecule has 17 nitrogen and oxygen atoms in total. The van der Waals surface area contributed by atoms with Crippen LogP contribution in [-0.2, 0) is 16.6 Å². The van der Waals surface area contributed by atoms with Crippen LogP contribution in [0.3, 0.4) is 0 Å². The number of piperidine rings is 1. The Morgan fingerprint density at radius 1 is 1.00 bits per heavy atom. The molecule has 10 rings (SSSR count). The molecule has 4 N–H and O–H groups in total. The smallest absolute Gasteiger partial charge is 0.312 e. The predicted octanol–water partition coefficient (Wildman–Crippen LogP) is 10.8. The molecular weight excluding hydrogens is 1030 g/mol. The van der Waals surface area contributed by atoms with Crippen LogP contribution in [0, 0.1) is 27.3 Å². The number of aromatic nitrogens is 3. The van der Waals surface area contributed by atoms with Gasteiger partial charge in [-0.2, -0.15) is 4.98 Å². The van der Waals surface area contributed by atoms with E-state index in [1.165, 1.54) is 28.8 Å². The van der Waals surface area contributed by atoms with Crippen molar-refractivity contribution in [3.63, 3.8) is 0 Å². The van der Waals surface area contributed by atoms with Gasteiger partial charge in [0.05, 0.1) is 34.3 Å². The number of hydrogen-bond donors (Lipinski definition) is 4. The summed E-state index contributed by atoms with van der Waals surface area (Å²) in [4.78, 5) is 44.1. The number of H-pyrrole nitrogens is 1. The molecular formula is C57H67ClFN9O8S. The van der Waals surface area contributed by atoms with E-state index >= 15 is 0 Å². The first-order chi connectivity index (χ1) is 36.9. The third-order valence-electron chi connectivity index (χ3n) is 16.4. The maximum atomic E-state index is 15.0. The third-order valence-corrected chi connectivity index (χ3v) is 17.9. The number of rotatable bonds is 17. The topological polar surface area (TPSA) is 208 Å². The number of nitrogens with one attached hydrogen (secondary N) is 3. The Kier molecular flexibility index (Phi) is 15.5. The molecule has 0 bridgehead atoms. The van der Waals surface area contributed by atoms with Crippen molar-refractivity contribution in [1.82, 2.24) is 29.5 Å². The number of carbonyl (C=O) groups excluding carboxylic acids is 1. The maximum Gasteiger partial charge on any atom is 0.312 e. The summed E-state index contributed by atoms with van der Waals surface area (Å²) in [6.07, 6.45) is 8.80. The van der Waals surface area contributed by atoms with Crippen molar-refractivity contribution in [2.45, 2.75) is 114 Å². The zero-order valence-electron chi connectivity index (χ0n) is 43.9. The van der Waals surface area contributed by atoms with Gasteiger partial charge >= 0.3 is 5.69 Å². The number of anilines is 2. The Balaban J connectivity index is 0.865. The normalized spacial score (nSPS) is 21.3. The second-order valence-electron chi connectivity index (χ2n) is 22.0. The van der Waals surface area contributed by atoms with Gasteiger partial charge in [0.15, 0.2) is 5.75 Å². The van der Waals surface area contributed by atoms with E-state index in [2.05, 4.69) is 89.9 Å². The summed E-state index contributed by atoms with van der Waals surface area (Å²) in [6, 6.07) is 24.9. The number of hydrogen-bond acceptors (Lipinski definition) is 14. The van der Waals surface area contributed by atoms with Crippen molar-refractivity contribution in [2.24, 2.45) is 11.3 Å². The molecule has 2 aliphatic carbocycles. The average Bonchev–Trinajstić information content (AvgIpc) is 3.78. The summed E-state index contributed by atoms with van der Waals surface area (Å²) in [7, 11) is -4.75. The highest BCUT2D eigenvalue weighted by Crippen LogP contribution is 2.53. The number of pyridine rings is 2. The van der Waals surface area contributed by atoms with Gasteiger partial charge in [-0.25, -0.2) is 22.5 Å². The number of halogens is 2. The summed E-state index contributed by atoms with van der Waals surface area (Å²) < 4.78 is 57.1. The monoisotopic (exact) mass is 1090 g/mol. The fraction of sp³-hybridized carbons (Fsp3) is 0.456. The molecule has 20 heteroatoms. The van der Waals surface area contributed by atoms with E-state index in [0.717, 1.165) is 94.1 Å². The molecule has 1 atom stereocenters. The van der Waals surface area contributed by atoms with Crippen LogP contribution in [0.2, 0.25) is 5.02 Å². The molecule has 2 aliphatic heterocycles. The van der Waals surface area contributed by atoms with Crippen LogP contribution in [-0.4, -0.2) is 107 Å². The van der Waals surface area contributed by atoms with Gasteiger partial charge in [-0.1, -0.05) is 61.8 Å². The molecule has 3 aromatic carbocycles. The van der Waals surface area contributed by atoms with Gasteiger partial charge in [-0.05, 0) is 123 Å². The largest absolute Gasteiger partial charge is 0.475 e. The van der Waals surface area contributed by atoms with Crippen molar-refractivity contribution < 1.29 is 37.1 Å². The minimum absolute atomic E-state index is 0.00772. The Labute approximate surface area is 453 Å². The zero-order chi connectivity index (χ0) is 54.2. The summed E-state index contributed by atoms with van der Waals surface area (Å²) in [5.74, 6) is -1.30. The van der Waals surface area contributed by atoms with Crippen molar-refractivity contribution in [2.75, 3.05) is 56.1 Å². The summed E-state index contributed by atoms with van der Waals surface area (Å²) in [6.45, 7) is 13.8. The standard InChI is InChI=1S/C57H67ClFN9O8S/c1-5-75-55-51(28-46-47(59)33-62-52(46)63-55)76-50-26-40(14-15-45(50)54(69)64-77(73,74)42-27-48(68(71)72)53(61-32-42)60-31-37-16-18-56(4,70)19-17-37)66-22-20-57(21-23-66)29-41(30-57)67-25-24-65(34-38-10-12-39(58)13-11-38)35-49(67)44-9-7-6-8-43(44)36(2)3/h6-15,26-28,32-33,36-37,41,49,70H,5,16-25,29-31,34-35H2,1-4H3,(H,60,61)(H,62,63)(H,64,69)/t37?,49-,56?/m0/s1. The van der Waals surface area contributed by atoms with Gasteiger partial charge in [0.2, 0.25) is 5.82 Å². The second-order valence-corrected chi connectivity index (χ2v) is 24.2. The van der Waals surface area contributed by atoms with Crippen LogP contribution >= 0.6 is 11.6 Å². The zero-order valence-corrected chi connectivity index (χ0v) is 45.5. The number of benzene rings is 3. The molecule has 408 valence electrons. The van der Waals surface area contributed by atoms with Gasteiger partial charge in [-0.15, -0.1) is 0 Å². The van der Waals surface area contributed by atoms with Crippen LogP contribution in [0.25, 0.3) is 11.0 Å². The number of carbonyl (C=O) groups is 1.